The van der Waals surface area contributed by atoms with Gasteiger partial charge >= 0.3 is 5.69 Å². The number of hydrogen-bond acceptors (Lipinski definition) is 6. The van der Waals surface area contributed by atoms with Crippen molar-refractivity contribution in [3.63, 3.8) is 0 Å². The number of hydrogen-bond donors (Lipinski definition) is 2. The second kappa shape index (κ2) is 10.9. The van der Waals surface area contributed by atoms with E-state index in [0.29, 0.717) is 12.6 Å². The molecule has 0 heterocycles. The van der Waals surface area contributed by atoms with Crippen LogP contribution in [0.5, 0.6) is 5.75 Å². The largest absolute Gasteiger partial charge is 0.502 e. The number of rotatable bonds is 12. The van der Waals surface area contributed by atoms with Crippen molar-refractivity contribution >= 4 is 22.0 Å². The summed E-state index contributed by atoms with van der Waals surface area (Å²) in [5, 5.41) is 20.8. The lowest BCUT2D eigenvalue weighted by Gasteiger charge is -2.04. The fourth-order valence-electron chi connectivity index (χ4n) is 2.50. The van der Waals surface area contributed by atoms with Crippen LogP contribution < -0.4 is 0 Å². The van der Waals surface area contributed by atoms with Crippen molar-refractivity contribution in [2.45, 2.75) is 63.2 Å². The Hall–Kier alpha value is -2.00. The summed E-state index contributed by atoms with van der Waals surface area (Å²) < 4.78 is 31.5. The van der Waals surface area contributed by atoms with E-state index in [9.17, 15) is 23.6 Å². The van der Waals surface area contributed by atoms with Gasteiger partial charge in [-0.1, -0.05) is 51.9 Å². The summed E-state index contributed by atoms with van der Waals surface area (Å²) in [5.74, 6) is -0.679. The normalized spacial score (nSPS) is 11.9. The van der Waals surface area contributed by atoms with Gasteiger partial charge in [0, 0.05) is 24.4 Å². The lowest BCUT2D eigenvalue weighted by molar-refractivity contribution is -0.386. The van der Waals surface area contributed by atoms with Crippen LogP contribution in [0.3, 0.4) is 0 Å². The molecule has 0 atom stereocenters. The summed E-state index contributed by atoms with van der Waals surface area (Å²) in [6.45, 7) is 2.65. The molecule has 0 aliphatic rings. The second-order valence-electron chi connectivity index (χ2n) is 6.12. The number of nitrogens with zero attached hydrogens (tertiary/aromatic N) is 2. The molecule has 0 aromatic heterocycles. The molecule has 1 rings (SSSR count). The van der Waals surface area contributed by atoms with Crippen LogP contribution in [0.25, 0.3) is 0 Å². The third-order valence-corrected chi connectivity index (χ3v) is 4.79. The standard InChI is InChI=1S/C17H26N2O6S/c1-2-3-4-5-6-7-8-9-10-18-13-14-11-15(26(23,24)25)12-16(17(14)20)19(21)22/h11-13,20H,2-10H2,1H3,(H,23,24,25). The van der Waals surface area contributed by atoms with E-state index in [1.807, 2.05) is 0 Å². The Bertz CT molecular complexity index is 731. The highest BCUT2D eigenvalue weighted by molar-refractivity contribution is 7.85. The van der Waals surface area contributed by atoms with Gasteiger partial charge in [-0.25, -0.2) is 0 Å². The maximum Gasteiger partial charge on any atom is 0.312 e. The van der Waals surface area contributed by atoms with E-state index >= 15 is 0 Å². The first-order valence-electron chi connectivity index (χ1n) is 8.76. The average molecular weight is 386 g/mol. The predicted molar refractivity (Wildman–Crippen MR) is 99.6 cm³/mol. The van der Waals surface area contributed by atoms with Crippen LogP contribution in [0.2, 0.25) is 0 Å². The Morgan fingerprint density at radius 2 is 1.69 bits per heavy atom. The van der Waals surface area contributed by atoms with Gasteiger partial charge in [-0.2, -0.15) is 8.42 Å². The molecule has 1 aromatic carbocycles. The number of benzene rings is 1. The van der Waals surface area contributed by atoms with Crippen LogP contribution in [0.1, 0.15) is 63.9 Å². The fraction of sp³-hybridized carbons (Fsp3) is 0.588. The Balaban J connectivity index is 2.62. The van der Waals surface area contributed by atoms with Crippen LogP contribution in [0, 0.1) is 10.1 Å². The molecule has 2 N–H and O–H groups in total. The van der Waals surface area contributed by atoms with E-state index in [-0.39, 0.29) is 5.56 Å². The summed E-state index contributed by atoms with van der Waals surface area (Å²) in [6.07, 6.45) is 10.3. The number of unbranched alkanes of at least 4 members (excludes halogenated alkanes) is 7. The topological polar surface area (TPSA) is 130 Å². The molecule has 0 aliphatic carbocycles. The lowest BCUT2D eigenvalue weighted by atomic mass is 10.1. The maximum atomic E-state index is 11.2. The van der Waals surface area contributed by atoms with Gasteiger partial charge in [0.25, 0.3) is 10.1 Å². The third-order valence-electron chi connectivity index (χ3n) is 3.96. The zero-order valence-electron chi connectivity index (χ0n) is 14.9. The minimum absolute atomic E-state index is 0.119. The van der Waals surface area contributed by atoms with Gasteiger partial charge in [0.05, 0.1) is 4.92 Å². The third kappa shape index (κ3) is 7.49. The molecule has 0 aliphatic heterocycles. The summed E-state index contributed by atoms with van der Waals surface area (Å²) in [4.78, 5) is 13.4. The Morgan fingerprint density at radius 3 is 2.23 bits per heavy atom. The molecular weight excluding hydrogens is 360 g/mol. The summed E-state index contributed by atoms with van der Waals surface area (Å²) in [6, 6.07) is 1.56. The quantitative estimate of drug-likeness (QED) is 0.183. The summed E-state index contributed by atoms with van der Waals surface area (Å²) in [7, 11) is -4.63. The molecule has 0 saturated carbocycles. The predicted octanol–water partition coefficient (Wildman–Crippen LogP) is 4.11. The molecule has 146 valence electrons. The van der Waals surface area contributed by atoms with Crippen LogP contribution in [-0.2, 0) is 10.1 Å². The van der Waals surface area contributed by atoms with Gasteiger partial charge in [-0.15, -0.1) is 0 Å². The smallest absolute Gasteiger partial charge is 0.312 e. The Morgan fingerprint density at radius 1 is 1.12 bits per heavy atom. The maximum absolute atomic E-state index is 11.2. The highest BCUT2D eigenvalue weighted by Crippen LogP contribution is 2.32. The first-order valence-corrected chi connectivity index (χ1v) is 10.2. The highest BCUT2D eigenvalue weighted by atomic mass is 32.2. The van der Waals surface area contributed by atoms with Gasteiger partial charge in [0.2, 0.25) is 5.75 Å². The molecule has 1 aromatic rings. The van der Waals surface area contributed by atoms with Crippen LogP contribution in [-0.4, -0.2) is 35.8 Å². The molecule has 8 nitrogen and oxygen atoms in total. The van der Waals surface area contributed by atoms with Gasteiger partial charge in [-0.05, 0) is 12.5 Å². The highest BCUT2D eigenvalue weighted by Gasteiger charge is 2.22. The molecular formula is C17H26N2O6S. The molecule has 0 spiro atoms. The van der Waals surface area contributed by atoms with E-state index in [2.05, 4.69) is 11.9 Å². The number of nitro groups is 1. The Labute approximate surface area is 153 Å². The molecule has 0 saturated heterocycles. The van der Waals surface area contributed by atoms with Gasteiger partial charge in [0.15, 0.2) is 0 Å². The van der Waals surface area contributed by atoms with E-state index in [4.69, 9.17) is 4.55 Å². The van der Waals surface area contributed by atoms with Crippen LogP contribution in [0.15, 0.2) is 22.0 Å². The SMILES string of the molecule is CCCCCCCCCCN=Cc1cc(S(=O)(=O)O)cc([N+](=O)[O-])c1O. The first kappa shape index (κ1) is 22.0. The number of nitro benzene ring substituents is 1. The zero-order valence-corrected chi connectivity index (χ0v) is 15.7. The van der Waals surface area contributed by atoms with Crippen LogP contribution >= 0.6 is 0 Å². The average Bonchev–Trinajstić information content (AvgIpc) is 2.56. The fourth-order valence-corrected chi connectivity index (χ4v) is 3.04. The summed E-state index contributed by atoms with van der Waals surface area (Å²) >= 11 is 0. The van der Waals surface area contributed by atoms with Gasteiger partial charge in [0.1, 0.15) is 4.90 Å². The second-order valence-corrected chi connectivity index (χ2v) is 7.54. The molecule has 0 bridgehead atoms. The van der Waals surface area contributed by atoms with Crippen molar-refractivity contribution < 1.29 is 23.0 Å². The van der Waals surface area contributed by atoms with Crippen molar-refractivity contribution in [3.8, 4) is 5.75 Å². The van der Waals surface area contributed by atoms with Crippen LogP contribution in [0.4, 0.5) is 5.69 Å². The van der Waals surface area contributed by atoms with Crippen molar-refractivity contribution in [2.24, 2.45) is 4.99 Å². The summed E-state index contributed by atoms with van der Waals surface area (Å²) in [5.41, 5.74) is -0.917. The van der Waals surface area contributed by atoms with Gasteiger partial charge < -0.3 is 5.11 Å². The van der Waals surface area contributed by atoms with E-state index in [1.165, 1.54) is 38.3 Å². The van der Waals surface area contributed by atoms with Crippen molar-refractivity contribution in [3.05, 3.63) is 27.8 Å². The minimum Gasteiger partial charge on any atom is -0.502 e. The monoisotopic (exact) mass is 386 g/mol. The Kier molecular flexibility index (Phi) is 9.22. The number of phenolic OH excluding ortho intramolecular Hbond substituents is 1. The van der Waals surface area contributed by atoms with Gasteiger partial charge in [-0.3, -0.25) is 19.7 Å². The lowest BCUT2D eigenvalue weighted by Crippen LogP contribution is -2.02. The molecule has 0 radical (unpaired) electrons. The zero-order chi connectivity index (χ0) is 19.6. The van der Waals surface area contributed by atoms with E-state index in [1.54, 1.807) is 0 Å². The van der Waals surface area contributed by atoms with Crippen molar-refractivity contribution in [1.29, 1.82) is 0 Å². The van der Waals surface area contributed by atoms with E-state index in [0.717, 1.165) is 25.3 Å². The number of phenols is 1. The molecule has 0 amide bonds. The molecule has 0 fully saturated rings. The first-order chi connectivity index (χ1) is 12.3. The van der Waals surface area contributed by atoms with Crippen molar-refractivity contribution in [1.82, 2.24) is 0 Å². The number of aliphatic imine (C=N–C) groups is 1. The van der Waals surface area contributed by atoms with E-state index < -0.39 is 31.4 Å². The molecule has 9 heteroatoms. The number of aromatic hydroxyl groups is 1. The van der Waals surface area contributed by atoms with Crippen molar-refractivity contribution in [2.75, 3.05) is 6.54 Å². The minimum atomic E-state index is -4.63. The molecule has 26 heavy (non-hydrogen) atoms. The molecule has 0 unspecified atom stereocenters.